The van der Waals surface area contributed by atoms with E-state index >= 15 is 0 Å². The molecule has 2 heterocycles. The van der Waals surface area contributed by atoms with E-state index in [9.17, 15) is 0 Å². The van der Waals surface area contributed by atoms with Crippen molar-refractivity contribution < 1.29 is 0 Å². The van der Waals surface area contributed by atoms with Crippen LogP contribution in [0.1, 0.15) is 59.7 Å². The molecule has 0 radical (unpaired) electrons. The Morgan fingerprint density at radius 2 is 1.72 bits per heavy atom. The van der Waals surface area contributed by atoms with Crippen molar-refractivity contribution in [2.75, 3.05) is 39.0 Å². The fraction of sp³-hybridized carbons (Fsp3) is 0.560. The number of aryl methyl sites for hydroxylation is 3. The van der Waals surface area contributed by atoms with E-state index in [1.807, 2.05) is 0 Å². The van der Waals surface area contributed by atoms with Crippen molar-refractivity contribution in [2.45, 2.75) is 59.4 Å². The molecule has 29 heavy (non-hydrogen) atoms. The molecule has 0 aliphatic carbocycles. The quantitative estimate of drug-likeness (QED) is 0.676. The Bertz CT molecular complexity index is 807. The summed E-state index contributed by atoms with van der Waals surface area (Å²) in [5, 5.41) is 0. The second-order valence-corrected chi connectivity index (χ2v) is 8.75. The van der Waals surface area contributed by atoms with Crippen molar-refractivity contribution in [1.29, 1.82) is 0 Å². The SMILES string of the molecule is CCCCCc1cc(Cc2ccc(CN3CCN(C)CC3)cc2C)c(C)nc1N. The maximum absolute atomic E-state index is 6.19. The van der Waals surface area contributed by atoms with Gasteiger partial charge in [0, 0.05) is 38.4 Å². The first-order chi connectivity index (χ1) is 14.0. The number of anilines is 1. The fourth-order valence-corrected chi connectivity index (χ4v) is 4.18. The minimum Gasteiger partial charge on any atom is -0.383 e. The van der Waals surface area contributed by atoms with Crippen LogP contribution >= 0.6 is 0 Å². The molecule has 1 aliphatic heterocycles. The smallest absolute Gasteiger partial charge is 0.126 e. The molecular formula is C25H38N4. The highest BCUT2D eigenvalue weighted by Gasteiger charge is 2.15. The average molecular weight is 395 g/mol. The number of likely N-dealkylation sites (N-methyl/N-ethyl adjacent to an activating group) is 1. The molecule has 4 nitrogen and oxygen atoms in total. The van der Waals surface area contributed by atoms with E-state index in [1.54, 1.807) is 0 Å². The lowest BCUT2D eigenvalue weighted by molar-refractivity contribution is 0.148. The monoisotopic (exact) mass is 394 g/mol. The molecule has 0 amide bonds. The van der Waals surface area contributed by atoms with Crippen LogP contribution < -0.4 is 5.73 Å². The summed E-state index contributed by atoms with van der Waals surface area (Å²) in [4.78, 5) is 9.61. The van der Waals surface area contributed by atoms with E-state index in [2.05, 4.69) is 66.9 Å². The number of nitrogens with zero attached hydrogens (tertiary/aromatic N) is 3. The number of unbranched alkanes of at least 4 members (excludes halogenated alkanes) is 2. The summed E-state index contributed by atoms with van der Waals surface area (Å²) >= 11 is 0. The second kappa shape index (κ2) is 10.2. The molecule has 1 fully saturated rings. The van der Waals surface area contributed by atoms with Crippen LogP contribution in [0.15, 0.2) is 24.3 Å². The number of hydrogen-bond acceptors (Lipinski definition) is 4. The Hall–Kier alpha value is -1.91. The summed E-state index contributed by atoms with van der Waals surface area (Å²) in [7, 11) is 2.21. The zero-order valence-electron chi connectivity index (χ0n) is 18.8. The van der Waals surface area contributed by atoms with Gasteiger partial charge in [-0.25, -0.2) is 4.98 Å². The number of piperazine rings is 1. The lowest BCUT2D eigenvalue weighted by Gasteiger charge is -2.32. The predicted molar refractivity (Wildman–Crippen MR) is 123 cm³/mol. The van der Waals surface area contributed by atoms with Crippen molar-refractivity contribution in [3.63, 3.8) is 0 Å². The Morgan fingerprint density at radius 1 is 0.966 bits per heavy atom. The third kappa shape index (κ3) is 6.03. The van der Waals surface area contributed by atoms with E-state index in [0.717, 1.165) is 38.2 Å². The lowest BCUT2D eigenvalue weighted by atomic mass is 9.96. The molecule has 1 aromatic heterocycles. The number of pyridine rings is 1. The molecule has 0 bridgehead atoms. The first-order valence-corrected chi connectivity index (χ1v) is 11.2. The molecule has 158 valence electrons. The standard InChI is InChI=1S/C25H38N4/c1-5-6-7-8-23-17-24(20(3)27-25(23)26)16-22-10-9-21(15-19(22)2)18-29-13-11-28(4)12-14-29/h9-10,15,17H,5-8,11-14,16,18H2,1-4H3,(H2,26,27). The molecule has 1 saturated heterocycles. The van der Waals surface area contributed by atoms with Crippen molar-refractivity contribution in [2.24, 2.45) is 0 Å². The summed E-state index contributed by atoms with van der Waals surface area (Å²) < 4.78 is 0. The maximum Gasteiger partial charge on any atom is 0.126 e. The summed E-state index contributed by atoms with van der Waals surface area (Å²) in [5.74, 6) is 0.710. The number of hydrogen-bond donors (Lipinski definition) is 1. The highest BCUT2D eigenvalue weighted by Crippen LogP contribution is 2.22. The van der Waals surface area contributed by atoms with E-state index in [-0.39, 0.29) is 0 Å². The van der Waals surface area contributed by atoms with Crippen LogP contribution in [0.5, 0.6) is 0 Å². The zero-order chi connectivity index (χ0) is 20.8. The summed E-state index contributed by atoms with van der Waals surface area (Å²) in [5.41, 5.74) is 14.0. The molecule has 1 aromatic carbocycles. The van der Waals surface area contributed by atoms with Crippen molar-refractivity contribution in [3.8, 4) is 0 Å². The molecule has 2 aromatic rings. The molecule has 3 rings (SSSR count). The summed E-state index contributed by atoms with van der Waals surface area (Å²) in [6.45, 7) is 12.3. The van der Waals surface area contributed by atoms with Crippen molar-refractivity contribution in [1.82, 2.24) is 14.8 Å². The minimum absolute atomic E-state index is 0.710. The van der Waals surface area contributed by atoms with Gasteiger partial charge in [0.15, 0.2) is 0 Å². The Balaban J connectivity index is 1.69. The van der Waals surface area contributed by atoms with Gasteiger partial charge in [-0.2, -0.15) is 0 Å². The zero-order valence-corrected chi connectivity index (χ0v) is 18.8. The first kappa shape index (κ1) is 21.8. The largest absolute Gasteiger partial charge is 0.383 e. The van der Waals surface area contributed by atoms with Crippen LogP contribution in [0.3, 0.4) is 0 Å². The highest BCUT2D eigenvalue weighted by molar-refractivity contribution is 5.46. The topological polar surface area (TPSA) is 45.4 Å². The van der Waals surface area contributed by atoms with Gasteiger partial charge < -0.3 is 10.6 Å². The van der Waals surface area contributed by atoms with Gasteiger partial charge in [-0.15, -0.1) is 0 Å². The normalized spacial score (nSPS) is 15.7. The van der Waals surface area contributed by atoms with E-state index in [1.165, 1.54) is 60.2 Å². The van der Waals surface area contributed by atoms with Crippen LogP contribution in [-0.2, 0) is 19.4 Å². The van der Waals surface area contributed by atoms with Gasteiger partial charge in [0.1, 0.15) is 5.82 Å². The molecule has 0 spiro atoms. The van der Waals surface area contributed by atoms with Gasteiger partial charge in [-0.1, -0.05) is 44.0 Å². The van der Waals surface area contributed by atoms with Gasteiger partial charge in [0.05, 0.1) is 0 Å². The predicted octanol–water partition coefficient (Wildman–Crippen LogP) is 4.35. The van der Waals surface area contributed by atoms with E-state index < -0.39 is 0 Å². The first-order valence-electron chi connectivity index (χ1n) is 11.2. The molecule has 0 saturated carbocycles. The lowest BCUT2D eigenvalue weighted by Crippen LogP contribution is -2.43. The number of nitrogens with two attached hydrogens (primary N) is 1. The van der Waals surface area contributed by atoms with Crippen LogP contribution in [0, 0.1) is 13.8 Å². The number of aromatic nitrogens is 1. The molecule has 4 heteroatoms. The number of nitrogen functional groups attached to an aromatic ring is 1. The van der Waals surface area contributed by atoms with Crippen molar-refractivity contribution in [3.05, 3.63) is 57.8 Å². The Kier molecular flexibility index (Phi) is 7.68. The molecule has 2 N–H and O–H groups in total. The Labute approximate surface area is 177 Å². The Morgan fingerprint density at radius 3 is 2.41 bits per heavy atom. The number of rotatable bonds is 8. The van der Waals surface area contributed by atoms with Crippen molar-refractivity contribution >= 4 is 5.82 Å². The third-order valence-electron chi connectivity index (χ3n) is 6.27. The minimum atomic E-state index is 0.710. The molecule has 0 atom stereocenters. The van der Waals surface area contributed by atoms with Gasteiger partial charge in [0.25, 0.3) is 0 Å². The van der Waals surface area contributed by atoms with Crippen LogP contribution in [0.2, 0.25) is 0 Å². The summed E-state index contributed by atoms with van der Waals surface area (Å²) in [6, 6.07) is 9.29. The van der Waals surface area contributed by atoms with Crippen LogP contribution in [0.4, 0.5) is 5.82 Å². The second-order valence-electron chi connectivity index (χ2n) is 8.75. The van der Waals surface area contributed by atoms with Gasteiger partial charge in [-0.05, 0) is 68.0 Å². The maximum atomic E-state index is 6.19. The van der Waals surface area contributed by atoms with Crippen LogP contribution in [0.25, 0.3) is 0 Å². The molecule has 1 aliphatic rings. The van der Waals surface area contributed by atoms with Gasteiger partial charge in [-0.3, -0.25) is 4.90 Å². The summed E-state index contributed by atoms with van der Waals surface area (Å²) in [6.07, 6.45) is 5.62. The third-order valence-corrected chi connectivity index (χ3v) is 6.27. The van der Waals surface area contributed by atoms with E-state index in [4.69, 9.17) is 5.73 Å². The number of benzene rings is 1. The van der Waals surface area contributed by atoms with Crippen LogP contribution in [-0.4, -0.2) is 48.0 Å². The average Bonchev–Trinajstić information content (AvgIpc) is 2.69. The molecular weight excluding hydrogens is 356 g/mol. The van der Waals surface area contributed by atoms with Gasteiger partial charge >= 0.3 is 0 Å². The van der Waals surface area contributed by atoms with Gasteiger partial charge in [0.2, 0.25) is 0 Å². The highest BCUT2D eigenvalue weighted by atomic mass is 15.2. The van der Waals surface area contributed by atoms with E-state index in [0.29, 0.717) is 5.82 Å². The molecule has 0 unspecified atom stereocenters. The fourth-order valence-electron chi connectivity index (χ4n) is 4.18.